The number of aryl methyl sites for hydroxylation is 2. The van der Waals surface area contributed by atoms with Crippen LogP contribution in [-0.4, -0.2) is 15.7 Å². The average molecular weight is 372 g/mol. The van der Waals surface area contributed by atoms with Crippen LogP contribution in [0.5, 0.6) is 0 Å². The summed E-state index contributed by atoms with van der Waals surface area (Å²) in [6.07, 6.45) is 0.124. The molecule has 1 heterocycles. The number of rotatable bonds is 4. The fourth-order valence-corrected chi connectivity index (χ4v) is 2.97. The van der Waals surface area contributed by atoms with Gasteiger partial charge in [0.25, 0.3) is 0 Å². The van der Waals surface area contributed by atoms with Gasteiger partial charge < -0.3 is 5.32 Å². The van der Waals surface area contributed by atoms with Crippen molar-refractivity contribution in [1.82, 2.24) is 9.78 Å². The highest BCUT2D eigenvalue weighted by atomic mass is 35.5. The maximum absolute atomic E-state index is 13.9. The second-order valence-corrected chi connectivity index (χ2v) is 6.68. The smallest absolute Gasteiger partial charge is 0.229 e. The van der Waals surface area contributed by atoms with Crippen molar-refractivity contribution in [2.75, 3.05) is 5.32 Å². The normalized spacial score (nSPS) is 10.8. The maximum atomic E-state index is 13.9. The van der Waals surface area contributed by atoms with Crippen molar-refractivity contribution in [3.8, 4) is 5.69 Å². The highest BCUT2D eigenvalue weighted by molar-refractivity contribution is 6.30. The summed E-state index contributed by atoms with van der Waals surface area (Å²) in [7, 11) is 0. The number of nitrogens with zero attached hydrogens (tertiary/aromatic N) is 2. The average Bonchev–Trinajstić information content (AvgIpc) is 2.86. The van der Waals surface area contributed by atoms with Gasteiger partial charge >= 0.3 is 0 Å². The third-order valence-corrected chi connectivity index (χ3v) is 4.50. The van der Waals surface area contributed by atoms with Crippen molar-refractivity contribution in [2.45, 2.75) is 27.2 Å². The summed E-state index contributed by atoms with van der Waals surface area (Å²) in [6, 6.07) is 12.0. The van der Waals surface area contributed by atoms with Gasteiger partial charge in [0, 0.05) is 16.3 Å². The first kappa shape index (κ1) is 18.1. The van der Waals surface area contributed by atoms with Crippen LogP contribution < -0.4 is 5.32 Å². The van der Waals surface area contributed by atoms with Crippen LogP contribution >= 0.6 is 11.6 Å². The quantitative estimate of drug-likeness (QED) is 0.718. The molecule has 0 fully saturated rings. The molecule has 26 heavy (non-hydrogen) atoms. The molecule has 1 aromatic heterocycles. The Morgan fingerprint density at radius 2 is 1.85 bits per heavy atom. The number of carbonyl (C=O) groups excluding carboxylic acids is 1. The molecule has 0 saturated heterocycles. The van der Waals surface area contributed by atoms with E-state index in [9.17, 15) is 9.18 Å². The molecule has 3 rings (SSSR count). The first-order valence-corrected chi connectivity index (χ1v) is 8.60. The molecule has 0 atom stereocenters. The maximum Gasteiger partial charge on any atom is 0.229 e. The highest BCUT2D eigenvalue weighted by Crippen LogP contribution is 2.21. The van der Waals surface area contributed by atoms with Crippen molar-refractivity contribution in [3.63, 3.8) is 0 Å². The van der Waals surface area contributed by atoms with E-state index in [1.807, 2.05) is 26.0 Å². The molecule has 3 aromatic rings. The lowest BCUT2D eigenvalue weighted by Gasteiger charge is -2.08. The molecule has 0 unspecified atom stereocenters. The van der Waals surface area contributed by atoms with Crippen LogP contribution in [0.3, 0.4) is 0 Å². The summed E-state index contributed by atoms with van der Waals surface area (Å²) in [5, 5.41) is 7.80. The molecule has 1 N–H and O–H groups in total. The summed E-state index contributed by atoms with van der Waals surface area (Å²) in [5.74, 6) is -0.724. The largest absolute Gasteiger partial charge is 0.323 e. The summed E-state index contributed by atoms with van der Waals surface area (Å²) in [5.41, 5.74) is 4.30. The van der Waals surface area contributed by atoms with Gasteiger partial charge in [0.2, 0.25) is 5.91 Å². The molecule has 1 amide bonds. The van der Waals surface area contributed by atoms with Crippen molar-refractivity contribution in [3.05, 3.63) is 75.8 Å². The Balaban J connectivity index is 1.81. The van der Waals surface area contributed by atoms with Crippen LogP contribution in [0.4, 0.5) is 10.1 Å². The molecule has 4 nitrogen and oxygen atoms in total. The van der Waals surface area contributed by atoms with Gasteiger partial charge in [-0.2, -0.15) is 5.10 Å². The summed E-state index contributed by atoms with van der Waals surface area (Å²) >= 11 is 5.93. The van der Waals surface area contributed by atoms with Gasteiger partial charge in [-0.25, -0.2) is 9.07 Å². The predicted molar refractivity (Wildman–Crippen MR) is 102 cm³/mol. The number of amides is 1. The third kappa shape index (κ3) is 3.78. The molecule has 0 aliphatic rings. The summed E-state index contributed by atoms with van der Waals surface area (Å²) in [4.78, 5) is 12.4. The number of anilines is 1. The first-order chi connectivity index (χ1) is 12.3. The number of carbonyl (C=O) groups is 1. The Labute approximate surface area is 156 Å². The Bertz CT molecular complexity index is 964. The number of aromatic nitrogens is 2. The molecule has 6 heteroatoms. The van der Waals surface area contributed by atoms with Gasteiger partial charge in [0.05, 0.1) is 23.5 Å². The molecular formula is C20H19ClFN3O. The van der Waals surface area contributed by atoms with E-state index < -0.39 is 5.82 Å². The van der Waals surface area contributed by atoms with Crippen LogP contribution in [0.15, 0.2) is 42.5 Å². The van der Waals surface area contributed by atoms with Gasteiger partial charge in [-0.1, -0.05) is 17.7 Å². The number of nitrogens with one attached hydrogen (secondary N) is 1. The van der Waals surface area contributed by atoms with E-state index in [1.165, 1.54) is 6.07 Å². The van der Waals surface area contributed by atoms with Crippen molar-refractivity contribution in [1.29, 1.82) is 0 Å². The van der Waals surface area contributed by atoms with Crippen LogP contribution in [-0.2, 0) is 11.2 Å². The lowest BCUT2D eigenvalue weighted by molar-refractivity contribution is -0.115. The van der Waals surface area contributed by atoms with Gasteiger partial charge in [-0.3, -0.25) is 4.79 Å². The zero-order valence-corrected chi connectivity index (χ0v) is 15.6. The van der Waals surface area contributed by atoms with E-state index in [0.717, 1.165) is 28.2 Å². The highest BCUT2D eigenvalue weighted by Gasteiger charge is 2.17. The minimum absolute atomic E-state index is 0.124. The predicted octanol–water partition coefficient (Wildman–Crippen LogP) is 4.77. The molecule has 0 aliphatic carbocycles. The summed E-state index contributed by atoms with van der Waals surface area (Å²) < 4.78 is 15.7. The third-order valence-electron chi connectivity index (χ3n) is 4.25. The Hall–Kier alpha value is -2.66. The first-order valence-electron chi connectivity index (χ1n) is 8.22. The van der Waals surface area contributed by atoms with Crippen LogP contribution in [0.2, 0.25) is 5.02 Å². The van der Waals surface area contributed by atoms with E-state index in [2.05, 4.69) is 10.4 Å². The van der Waals surface area contributed by atoms with Gasteiger partial charge in [-0.15, -0.1) is 0 Å². The van der Waals surface area contributed by atoms with Crippen molar-refractivity contribution >= 4 is 23.2 Å². The van der Waals surface area contributed by atoms with Crippen LogP contribution in [0, 0.1) is 26.6 Å². The molecular weight excluding hydrogens is 353 g/mol. The molecule has 134 valence electrons. The molecule has 0 spiro atoms. The van der Waals surface area contributed by atoms with Gasteiger partial charge in [0.15, 0.2) is 0 Å². The fourth-order valence-electron chi connectivity index (χ4n) is 2.84. The number of benzene rings is 2. The number of hydrogen-bond donors (Lipinski definition) is 1. The van der Waals surface area contributed by atoms with Gasteiger partial charge in [-0.05, 0) is 62.7 Å². The molecule has 0 saturated carbocycles. The van der Waals surface area contributed by atoms with Crippen molar-refractivity contribution < 1.29 is 9.18 Å². The Morgan fingerprint density at radius 3 is 2.50 bits per heavy atom. The van der Waals surface area contributed by atoms with E-state index in [4.69, 9.17) is 11.6 Å². The monoisotopic (exact) mass is 371 g/mol. The zero-order valence-electron chi connectivity index (χ0n) is 14.8. The molecule has 0 aliphatic heterocycles. The molecule has 0 bridgehead atoms. The van der Waals surface area contributed by atoms with Crippen molar-refractivity contribution in [2.24, 2.45) is 0 Å². The minimum Gasteiger partial charge on any atom is -0.323 e. The topological polar surface area (TPSA) is 46.9 Å². The van der Waals surface area contributed by atoms with E-state index in [0.29, 0.717) is 5.02 Å². The van der Waals surface area contributed by atoms with Crippen LogP contribution in [0.1, 0.15) is 22.5 Å². The van der Waals surface area contributed by atoms with E-state index in [1.54, 1.807) is 35.9 Å². The Morgan fingerprint density at radius 1 is 1.15 bits per heavy atom. The molecule has 2 aromatic carbocycles. The molecule has 0 radical (unpaired) electrons. The zero-order chi connectivity index (χ0) is 18.8. The van der Waals surface area contributed by atoms with Gasteiger partial charge in [0.1, 0.15) is 5.82 Å². The summed E-state index contributed by atoms with van der Waals surface area (Å²) in [6.45, 7) is 5.56. The second-order valence-electron chi connectivity index (χ2n) is 6.25. The fraction of sp³-hybridized carbons (Fsp3) is 0.200. The minimum atomic E-state index is -0.441. The standard InChI is InChI=1S/C20H19ClFN3O/c1-12-4-9-19(18(22)10-12)23-20(26)11-17-13(2)24-25(14(17)3)16-7-5-15(21)6-8-16/h4-10H,11H2,1-3H3,(H,23,26). The second kappa shape index (κ2) is 7.30. The number of halogens is 2. The Kier molecular flexibility index (Phi) is 5.09. The lowest BCUT2D eigenvalue weighted by atomic mass is 10.1. The van der Waals surface area contributed by atoms with Crippen LogP contribution in [0.25, 0.3) is 5.69 Å². The van der Waals surface area contributed by atoms with E-state index in [-0.39, 0.29) is 18.0 Å². The lowest BCUT2D eigenvalue weighted by Crippen LogP contribution is -2.16. The number of hydrogen-bond acceptors (Lipinski definition) is 2. The van der Waals surface area contributed by atoms with E-state index >= 15 is 0 Å². The SMILES string of the molecule is Cc1ccc(NC(=O)Cc2c(C)nn(-c3ccc(Cl)cc3)c2C)c(F)c1.